The van der Waals surface area contributed by atoms with Crippen molar-refractivity contribution in [3.63, 3.8) is 0 Å². The Balaban J connectivity index is 1.96. The van der Waals surface area contributed by atoms with Crippen LogP contribution < -0.4 is 5.73 Å². The number of hydrogen-bond donors (Lipinski definition) is 1. The van der Waals surface area contributed by atoms with Gasteiger partial charge in [0.05, 0.1) is 0 Å². The van der Waals surface area contributed by atoms with E-state index in [1.54, 1.807) is 0 Å². The smallest absolute Gasteiger partial charge is 0.226 e. The first kappa shape index (κ1) is 9.97. The molecule has 3 unspecified atom stereocenters. The zero-order valence-corrected chi connectivity index (χ0v) is 8.91. The second-order valence-corrected chi connectivity index (χ2v) is 4.74. The molecule has 3 heteroatoms. The van der Waals surface area contributed by atoms with E-state index in [-0.39, 0.29) is 0 Å². The first-order valence-corrected chi connectivity index (χ1v) is 5.74. The standard InChI is InChI=1S/C11H20N2O/c1-8-6-10(8)11(14)13-5-3-2-4-9(13)7-12/h8-10H,2-7,12H2,1H3. The number of rotatable bonds is 2. The maximum absolute atomic E-state index is 12.0. The first-order chi connectivity index (χ1) is 6.74. The molecule has 2 rings (SSSR count). The van der Waals surface area contributed by atoms with Crippen molar-refractivity contribution < 1.29 is 4.79 Å². The van der Waals surface area contributed by atoms with Crippen LogP contribution in [0.5, 0.6) is 0 Å². The highest BCUT2D eigenvalue weighted by atomic mass is 16.2. The number of carbonyl (C=O) groups excluding carboxylic acids is 1. The molecule has 1 saturated heterocycles. The van der Waals surface area contributed by atoms with E-state index >= 15 is 0 Å². The second-order valence-electron chi connectivity index (χ2n) is 4.74. The van der Waals surface area contributed by atoms with Gasteiger partial charge in [0.2, 0.25) is 5.91 Å². The minimum atomic E-state index is 0.321. The van der Waals surface area contributed by atoms with Crippen LogP contribution in [-0.4, -0.2) is 29.9 Å². The van der Waals surface area contributed by atoms with E-state index in [0.717, 1.165) is 25.8 Å². The molecule has 2 N–H and O–H groups in total. The Morgan fingerprint density at radius 1 is 1.50 bits per heavy atom. The highest BCUT2D eigenvalue weighted by Crippen LogP contribution is 2.40. The van der Waals surface area contributed by atoms with Crippen molar-refractivity contribution in [2.75, 3.05) is 13.1 Å². The molecule has 3 atom stereocenters. The van der Waals surface area contributed by atoms with E-state index in [1.165, 1.54) is 6.42 Å². The molecule has 1 amide bonds. The Morgan fingerprint density at radius 3 is 2.79 bits per heavy atom. The molecular weight excluding hydrogens is 176 g/mol. The van der Waals surface area contributed by atoms with E-state index in [2.05, 4.69) is 6.92 Å². The molecule has 1 heterocycles. The molecule has 80 valence electrons. The number of amides is 1. The van der Waals surface area contributed by atoms with Crippen LogP contribution in [0.25, 0.3) is 0 Å². The van der Waals surface area contributed by atoms with Crippen LogP contribution in [0.1, 0.15) is 32.6 Å². The second kappa shape index (κ2) is 3.89. The lowest BCUT2D eigenvalue weighted by Crippen LogP contribution is -2.48. The number of piperidine rings is 1. The van der Waals surface area contributed by atoms with Gasteiger partial charge in [0.15, 0.2) is 0 Å². The third-order valence-corrected chi connectivity index (χ3v) is 3.61. The fraction of sp³-hybridized carbons (Fsp3) is 0.909. The van der Waals surface area contributed by atoms with E-state index in [4.69, 9.17) is 5.73 Å². The molecule has 2 aliphatic rings. The Kier molecular flexibility index (Phi) is 2.77. The summed E-state index contributed by atoms with van der Waals surface area (Å²) in [6.07, 6.45) is 4.57. The van der Waals surface area contributed by atoms with Crippen molar-refractivity contribution in [3.8, 4) is 0 Å². The molecule has 14 heavy (non-hydrogen) atoms. The average molecular weight is 196 g/mol. The lowest BCUT2D eigenvalue weighted by Gasteiger charge is -2.35. The fourth-order valence-electron chi connectivity index (χ4n) is 2.41. The molecule has 0 bridgehead atoms. The van der Waals surface area contributed by atoms with Gasteiger partial charge in [0.25, 0.3) is 0 Å². The molecule has 1 aliphatic carbocycles. The van der Waals surface area contributed by atoms with Gasteiger partial charge in [-0.1, -0.05) is 6.92 Å². The van der Waals surface area contributed by atoms with Crippen LogP contribution in [0.2, 0.25) is 0 Å². The molecule has 1 saturated carbocycles. The molecule has 3 nitrogen and oxygen atoms in total. The number of hydrogen-bond acceptors (Lipinski definition) is 2. The van der Waals surface area contributed by atoms with E-state index < -0.39 is 0 Å². The van der Waals surface area contributed by atoms with Gasteiger partial charge in [-0.2, -0.15) is 0 Å². The summed E-state index contributed by atoms with van der Waals surface area (Å²) >= 11 is 0. The van der Waals surface area contributed by atoms with E-state index in [9.17, 15) is 4.79 Å². The van der Waals surface area contributed by atoms with Gasteiger partial charge in [0, 0.05) is 25.0 Å². The van der Waals surface area contributed by atoms with Crippen LogP contribution in [-0.2, 0) is 4.79 Å². The van der Waals surface area contributed by atoms with Gasteiger partial charge >= 0.3 is 0 Å². The summed E-state index contributed by atoms with van der Waals surface area (Å²) in [5, 5.41) is 0. The van der Waals surface area contributed by atoms with Crippen molar-refractivity contribution >= 4 is 5.91 Å². The molecule has 1 aliphatic heterocycles. The van der Waals surface area contributed by atoms with Crippen molar-refractivity contribution in [2.24, 2.45) is 17.6 Å². The van der Waals surface area contributed by atoms with Crippen LogP contribution >= 0.6 is 0 Å². The third kappa shape index (κ3) is 1.78. The lowest BCUT2D eigenvalue weighted by molar-refractivity contribution is -0.136. The molecule has 0 aromatic carbocycles. The van der Waals surface area contributed by atoms with Crippen molar-refractivity contribution in [1.29, 1.82) is 0 Å². The molecular formula is C11H20N2O. The summed E-state index contributed by atoms with van der Waals surface area (Å²) < 4.78 is 0. The normalized spacial score (nSPS) is 37.0. The van der Waals surface area contributed by atoms with Crippen LogP contribution in [0.4, 0.5) is 0 Å². The number of carbonyl (C=O) groups is 1. The van der Waals surface area contributed by atoms with Gasteiger partial charge in [-0.15, -0.1) is 0 Å². The van der Waals surface area contributed by atoms with Crippen molar-refractivity contribution in [3.05, 3.63) is 0 Å². The molecule has 0 aromatic heterocycles. The van der Waals surface area contributed by atoms with Gasteiger partial charge in [-0.25, -0.2) is 0 Å². The summed E-state index contributed by atoms with van der Waals surface area (Å²) in [7, 11) is 0. The summed E-state index contributed by atoms with van der Waals surface area (Å²) in [6, 6.07) is 0.323. The molecule has 0 aromatic rings. The highest BCUT2D eigenvalue weighted by Gasteiger charge is 2.43. The topological polar surface area (TPSA) is 46.3 Å². The Labute approximate surface area is 85.6 Å². The fourth-order valence-corrected chi connectivity index (χ4v) is 2.41. The van der Waals surface area contributed by atoms with Gasteiger partial charge in [0.1, 0.15) is 0 Å². The largest absolute Gasteiger partial charge is 0.338 e. The SMILES string of the molecule is CC1CC1C(=O)N1CCCCC1CN. The minimum absolute atomic E-state index is 0.321. The monoisotopic (exact) mass is 196 g/mol. The van der Waals surface area contributed by atoms with Crippen molar-refractivity contribution in [2.45, 2.75) is 38.6 Å². The predicted octanol–water partition coefficient (Wildman–Crippen LogP) is 0.982. The average Bonchev–Trinajstić information content (AvgIpc) is 2.94. The number of nitrogens with two attached hydrogens (primary N) is 1. The summed E-state index contributed by atoms with van der Waals surface area (Å²) in [4.78, 5) is 14.0. The Morgan fingerprint density at radius 2 is 2.21 bits per heavy atom. The molecule has 2 fully saturated rings. The third-order valence-electron chi connectivity index (χ3n) is 3.61. The van der Waals surface area contributed by atoms with Gasteiger partial charge in [-0.05, 0) is 31.6 Å². The highest BCUT2D eigenvalue weighted by molar-refractivity contribution is 5.82. The summed E-state index contributed by atoms with van der Waals surface area (Å²) in [6.45, 7) is 3.72. The van der Waals surface area contributed by atoms with E-state index in [1.807, 2.05) is 4.90 Å². The van der Waals surface area contributed by atoms with Gasteiger partial charge < -0.3 is 10.6 Å². The minimum Gasteiger partial charge on any atom is -0.338 e. The first-order valence-electron chi connectivity index (χ1n) is 5.74. The maximum atomic E-state index is 12.0. The maximum Gasteiger partial charge on any atom is 0.226 e. The summed E-state index contributed by atoms with van der Waals surface area (Å²) in [5.41, 5.74) is 5.69. The van der Waals surface area contributed by atoms with Crippen LogP contribution in [0.15, 0.2) is 0 Å². The quantitative estimate of drug-likeness (QED) is 0.715. The number of nitrogens with zero attached hydrogens (tertiary/aromatic N) is 1. The number of likely N-dealkylation sites (tertiary alicyclic amines) is 1. The molecule has 0 radical (unpaired) electrons. The molecule has 0 spiro atoms. The Hall–Kier alpha value is -0.570. The van der Waals surface area contributed by atoms with Gasteiger partial charge in [-0.3, -0.25) is 4.79 Å². The zero-order chi connectivity index (χ0) is 10.1. The summed E-state index contributed by atoms with van der Waals surface area (Å²) in [5.74, 6) is 1.30. The Bertz CT molecular complexity index is 229. The lowest BCUT2D eigenvalue weighted by atomic mass is 10.0. The van der Waals surface area contributed by atoms with Crippen LogP contribution in [0, 0.1) is 11.8 Å². The zero-order valence-electron chi connectivity index (χ0n) is 8.91. The van der Waals surface area contributed by atoms with Crippen molar-refractivity contribution in [1.82, 2.24) is 4.90 Å². The predicted molar refractivity (Wildman–Crippen MR) is 55.7 cm³/mol. The van der Waals surface area contributed by atoms with E-state index in [0.29, 0.717) is 30.3 Å². The van der Waals surface area contributed by atoms with Crippen LogP contribution in [0.3, 0.4) is 0 Å².